The highest BCUT2D eigenvalue weighted by Crippen LogP contribution is 2.35. The molecule has 0 atom stereocenters. The van der Waals surface area contributed by atoms with Crippen LogP contribution in [-0.2, 0) is 9.53 Å². The maximum Gasteiger partial charge on any atom is 0.342 e. The van der Waals surface area contributed by atoms with Crippen molar-refractivity contribution in [2.24, 2.45) is 0 Å². The summed E-state index contributed by atoms with van der Waals surface area (Å²) in [6, 6.07) is 15.3. The first-order valence-corrected chi connectivity index (χ1v) is 10.3. The molecule has 0 spiro atoms. The summed E-state index contributed by atoms with van der Waals surface area (Å²) in [6.07, 6.45) is 3.64. The number of phenolic OH excluding ortho intramolecular Hbond substituents is 2. The molecule has 0 bridgehead atoms. The van der Waals surface area contributed by atoms with Crippen LogP contribution in [0.1, 0.15) is 29.6 Å². The number of carbonyl (C=O) groups is 2. The number of ether oxygens (including phenoxy) is 1. The quantitative estimate of drug-likeness (QED) is 0.426. The molecule has 3 aromatic rings. The molecule has 1 aliphatic rings. The molecule has 1 fully saturated rings. The Kier molecular flexibility index (Phi) is 5.93. The van der Waals surface area contributed by atoms with E-state index in [4.69, 9.17) is 4.74 Å². The second-order valence-electron chi connectivity index (χ2n) is 7.56. The first kappa shape index (κ1) is 20.5. The molecule has 3 aromatic carbocycles. The van der Waals surface area contributed by atoms with Gasteiger partial charge < -0.3 is 25.2 Å². The number of esters is 1. The molecule has 1 saturated heterocycles. The maximum absolute atomic E-state index is 12.4. The summed E-state index contributed by atoms with van der Waals surface area (Å²) in [7, 11) is 0. The van der Waals surface area contributed by atoms with Crippen LogP contribution in [0, 0.1) is 0 Å². The molecule has 0 unspecified atom stereocenters. The Labute approximate surface area is 179 Å². The number of fused-ring (bicyclic) bond motifs is 1. The van der Waals surface area contributed by atoms with Gasteiger partial charge in [-0.2, -0.15) is 0 Å². The molecule has 4 rings (SSSR count). The van der Waals surface area contributed by atoms with E-state index in [1.165, 1.54) is 19.3 Å². The Balaban J connectivity index is 1.36. The van der Waals surface area contributed by atoms with Gasteiger partial charge in [0.1, 0.15) is 17.1 Å². The van der Waals surface area contributed by atoms with E-state index in [0.29, 0.717) is 16.5 Å². The first-order valence-electron chi connectivity index (χ1n) is 10.3. The minimum absolute atomic E-state index is 0.154. The van der Waals surface area contributed by atoms with Crippen LogP contribution in [-0.4, -0.2) is 41.8 Å². The van der Waals surface area contributed by atoms with E-state index in [9.17, 15) is 19.8 Å². The smallest absolute Gasteiger partial charge is 0.342 e. The zero-order valence-corrected chi connectivity index (χ0v) is 17.0. The largest absolute Gasteiger partial charge is 0.507 e. The summed E-state index contributed by atoms with van der Waals surface area (Å²) in [5.41, 5.74) is 1.53. The van der Waals surface area contributed by atoms with Gasteiger partial charge in [-0.05, 0) is 49.6 Å². The van der Waals surface area contributed by atoms with Gasteiger partial charge in [-0.3, -0.25) is 4.79 Å². The molecule has 3 N–H and O–H groups in total. The summed E-state index contributed by atoms with van der Waals surface area (Å²) in [5.74, 6) is -1.84. The van der Waals surface area contributed by atoms with Crippen molar-refractivity contribution in [3.63, 3.8) is 0 Å². The number of rotatable bonds is 5. The van der Waals surface area contributed by atoms with Crippen LogP contribution in [0.25, 0.3) is 10.8 Å². The lowest BCUT2D eigenvalue weighted by atomic mass is 10.0. The maximum atomic E-state index is 12.4. The number of phenols is 2. The molecule has 0 saturated carbocycles. The van der Waals surface area contributed by atoms with E-state index < -0.39 is 18.5 Å². The third-order valence-electron chi connectivity index (χ3n) is 5.42. The van der Waals surface area contributed by atoms with Gasteiger partial charge >= 0.3 is 5.97 Å². The number of amides is 1. The van der Waals surface area contributed by atoms with Crippen molar-refractivity contribution in [2.45, 2.75) is 19.3 Å². The summed E-state index contributed by atoms with van der Waals surface area (Å²) >= 11 is 0. The van der Waals surface area contributed by atoms with Gasteiger partial charge in [-0.1, -0.05) is 24.3 Å². The third-order valence-corrected chi connectivity index (χ3v) is 5.42. The molecular weight excluding hydrogens is 396 g/mol. The molecule has 160 valence electrons. The Morgan fingerprint density at radius 1 is 0.935 bits per heavy atom. The lowest BCUT2D eigenvalue weighted by Gasteiger charge is -2.28. The number of nitrogens with one attached hydrogen (secondary N) is 1. The van der Waals surface area contributed by atoms with Crippen molar-refractivity contribution in [3.8, 4) is 11.5 Å². The third kappa shape index (κ3) is 4.55. The van der Waals surface area contributed by atoms with Gasteiger partial charge in [-0.15, -0.1) is 0 Å². The predicted molar refractivity (Wildman–Crippen MR) is 119 cm³/mol. The minimum atomic E-state index is -0.894. The van der Waals surface area contributed by atoms with E-state index in [2.05, 4.69) is 10.2 Å². The standard InChI is InChI=1S/C24H24N2O5/c27-21-14-20(23(29)19-7-3-2-6-18(19)21)24(30)31-15-22(28)25-16-8-10-17(11-9-16)26-12-4-1-5-13-26/h2-3,6-11,14,27,29H,1,4-5,12-13,15H2,(H,25,28). The van der Waals surface area contributed by atoms with Gasteiger partial charge in [0.15, 0.2) is 6.61 Å². The van der Waals surface area contributed by atoms with Crippen LogP contribution in [0.3, 0.4) is 0 Å². The molecule has 31 heavy (non-hydrogen) atoms. The number of anilines is 2. The van der Waals surface area contributed by atoms with Crippen LogP contribution >= 0.6 is 0 Å². The molecule has 1 amide bonds. The number of piperidine rings is 1. The van der Waals surface area contributed by atoms with Crippen molar-refractivity contribution in [2.75, 3.05) is 29.9 Å². The highest BCUT2D eigenvalue weighted by atomic mass is 16.5. The fourth-order valence-electron chi connectivity index (χ4n) is 3.81. The second-order valence-corrected chi connectivity index (χ2v) is 7.56. The molecule has 1 aliphatic heterocycles. The lowest BCUT2D eigenvalue weighted by molar-refractivity contribution is -0.119. The van der Waals surface area contributed by atoms with Crippen molar-refractivity contribution in [3.05, 3.63) is 60.2 Å². The zero-order valence-electron chi connectivity index (χ0n) is 17.0. The Morgan fingerprint density at radius 3 is 2.32 bits per heavy atom. The summed E-state index contributed by atoms with van der Waals surface area (Å²) in [4.78, 5) is 26.9. The number of hydrogen-bond donors (Lipinski definition) is 3. The Bertz CT molecular complexity index is 1100. The monoisotopic (exact) mass is 420 g/mol. The van der Waals surface area contributed by atoms with Crippen molar-refractivity contribution < 1.29 is 24.5 Å². The van der Waals surface area contributed by atoms with Crippen molar-refractivity contribution in [1.82, 2.24) is 0 Å². The van der Waals surface area contributed by atoms with Crippen LogP contribution < -0.4 is 10.2 Å². The van der Waals surface area contributed by atoms with Crippen LogP contribution in [0.5, 0.6) is 11.5 Å². The van der Waals surface area contributed by atoms with Crippen molar-refractivity contribution >= 4 is 34.0 Å². The van der Waals surface area contributed by atoms with Crippen LogP contribution in [0.15, 0.2) is 54.6 Å². The molecule has 0 radical (unpaired) electrons. The molecule has 0 aliphatic carbocycles. The normalized spacial score (nSPS) is 13.7. The SMILES string of the molecule is O=C(COC(=O)c1cc(O)c2ccccc2c1O)Nc1ccc(N2CCCCC2)cc1. The first-order chi connectivity index (χ1) is 15.0. The van der Waals surface area contributed by atoms with E-state index in [1.54, 1.807) is 24.3 Å². The number of aromatic hydroxyl groups is 2. The predicted octanol–water partition coefficient (Wildman–Crippen LogP) is 4.04. The van der Waals surface area contributed by atoms with Gasteiger partial charge in [0.25, 0.3) is 5.91 Å². The van der Waals surface area contributed by atoms with Crippen LogP contribution in [0.2, 0.25) is 0 Å². The lowest BCUT2D eigenvalue weighted by Crippen LogP contribution is -2.29. The average molecular weight is 420 g/mol. The highest BCUT2D eigenvalue weighted by Gasteiger charge is 2.19. The van der Waals surface area contributed by atoms with Gasteiger partial charge in [0.2, 0.25) is 0 Å². The number of benzene rings is 3. The fourth-order valence-corrected chi connectivity index (χ4v) is 3.81. The number of hydrogen-bond acceptors (Lipinski definition) is 6. The van der Waals surface area contributed by atoms with Crippen molar-refractivity contribution in [1.29, 1.82) is 0 Å². The van der Waals surface area contributed by atoms with E-state index >= 15 is 0 Å². The van der Waals surface area contributed by atoms with Gasteiger partial charge in [-0.25, -0.2) is 4.79 Å². The Hall–Kier alpha value is -3.74. The minimum Gasteiger partial charge on any atom is -0.507 e. The highest BCUT2D eigenvalue weighted by molar-refractivity contribution is 6.04. The fraction of sp³-hybridized carbons (Fsp3) is 0.250. The number of nitrogens with zero attached hydrogens (tertiary/aromatic N) is 1. The van der Waals surface area contributed by atoms with E-state index in [0.717, 1.165) is 24.8 Å². The summed E-state index contributed by atoms with van der Waals surface area (Å²) < 4.78 is 5.04. The zero-order chi connectivity index (χ0) is 21.8. The van der Waals surface area contributed by atoms with E-state index in [-0.39, 0.29) is 17.1 Å². The Morgan fingerprint density at radius 2 is 1.61 bits per heavy atom. The molecular formula is C24H24N2O5. The van der Waals surface area contributed by atoms with Gasteiger partial charge in [0.05, 0.1) is 0 Å². The summed E-state index contributed by atoms with van der Waals surface area (Å²) in [5, 5.41) is 23.9. The molecule has 7 nitrogen and oxygen atoms in total. The van der Waals surface area contributed by atoms with E-state index in [1.807, 2.05) is 24.3 Å². The summed E-state index contributed by atoms with van der Waals surface area (Å²) in [6.45, 7) is 1.57. The molecule has 0 aromatic heterocycles. The van der Waals surface area contributed by atoms with Gasteiger partial charge in [0, 0.05) is 35.2 Å². The second kappa shape index (κ2) is 8.95. The molecule has 1 heterocycles. The van der Waals surface area contributed by atoms with Crippen LogP contribution in [0.4, 0.5) is 11.4 Å². The number of carbonyl (C=O) groups excluding carboxylic acids is 2. The average Bonchev–Trinajstić information content (AvgIpc) is 2.81. The topological polar surface area (TPSA) is 99.1 Å². The molecule has 7 heteroatoms.